The van der Waals surface area contributed by atoms with Crippen LogP contribution in [0.1, 0.15) is 19.3 Å². The van der Waals surface area contributed by atoms with Gasteiger partial charge in [-0.15, -0.1) is 0 Å². The van der Waals surface area contributed by atoms with E-state index in [0.717, 1.165) is 12.8 Å². The Morgan fingerprint density at radius 3 is 2.37 bits per heavy atom. The third kappa shape index (κ3) is 3.27. The van der Waals surface area contributed by atoms with E-state index < -0.39 is 9.84 Å². The molecule has 106 valence electrons. The number of hydrogen-bond acceptors (Lipinski definition) is 4. The van der Waals surface area contributed by atoms with Crippen molar-refractivity contribution in [1.29, 1.82) is 0 Å². The van der Waals surface area contributed by atoms with E-state index in [1.807, 2.05) is 0 Å². The van der Waals surface area contributed by atoms with Crippen LogP contribution >= 0.6 is 23.2 Å². The number of phenols is 1. The summed E-state index contributed by atoms with van der Waals surface area (Å²) in [5.74, 6) is -0.167. The van der Waals surface area contributed by atoms with Crippen molar-refractivity contribution in [1.82, 2.24) is 0 Å². The molecule has 1 aromatic rings. The largest absolute Gasteiger partial charge is 0.505 e. The first-order valence-electron chi connectivity index (χ1n) is 5.92. The summed E-state index contributed by atoms with van der Waals surface area (Å²) in [5, 5.41) is 12.5. The number of nitrogens with one attached hydrogen (secondary N) is 1. The molecular formula is C12H15Cl2NO3S. The van der Waals surface area contributed by atoms with Gasteiger partial charge >= 0.3 is 0 Å². The van der Waals surface area contributed by atoms with Crippen molar-refractivity contribution in [3.63, 3.8) is 0 Å². The van der Waals surface area contributed by atoms with Crippen molar-refractivity contribution in [3.05, 3.63) is 22.2 Å². The van der Waals surface area contributed by atoms with E-state index >= 15 is 0 Å². The molecule has 2 unspecified atom stereocenters. The van der Waals surface area contributed by atoms with Gasteiger partial charge in [0.1, 0.15) is 0 Å². The SMILES string of the molecule is CS(=O)(=O)C1CCCC1Nc1cc(Cl)c(O)c(Cl)c1. The highest BCUT2D eigenvalue weighted by atomic mass is 35.5. The van der Waals surface area contributed by atoms with E-state index in [-0.39, 0.29) is 27.1 Å². The van der Waals surface area contributed by atoms with Crippen molar-refractivity contribution < 1.29 is 13.5 Å². The van der Waals surface area contributed by atoms with Gasteiger partial charge in [-0.3, -0.25) is 0 Å². The third-order valence-electron chi connectivity index (χ3n) is 3.37. The molecule has 0 amide bonds. The molecule has 2 atom stereocenters. The predicted octanol–water partition coefficient (Wildman–Crippen LogP) is 3.08. The molecule has 1 aliphatic carbocycles. The molecule has 19 heavy (non-hydrogen) atoms. The minimum Gasteiger partial charge on any atom is -0.505 e. The van der Waals surface area contributed by atoms with Crippen LogP contribution in [-0.2, 0) is 9.84 Å². The van der Waals surface area contributed by atoms with Crippen LogP contribution in [0.5, 0.6) is 5.75 Å². The Kier molecular flexibility index (Phi) is 4.18. The van der Waals surface area contributed by atoms with Gasteiger partial charge in [0.2, 0.25) is 0 Å². The highest BCUT2D eigenvalue weighted by Gasteiger charge is 2.34. The molecule has 1 aromatic carbocycles. The number of sulfone groups is 1. The Labute approximate surface area is 122 Å². The number of halogens is 2. The van der Waals surface area contributed by atoms with Crippen LogP contribution in [0.2, 0.25) is 10.0 Å². The van der Waals surface area contributed by atoms with Crippen LogP contribution in [0, 0.1) is 0 Å². The summed E-state index contributed by atoms with van der Waals surface area (Å²) in [6.07, 6.45) is 3.58. The second-order valence-corrected chi connectivity index (χ2v) is 7.92. The highest BCUT2D eigenvalue weighted by molar-refractivity contribution is 7.91. The Balaban J connectivity index is 2.22. The van der Waals surface area contributed by atoms with E-state index in [1.165, 1.54) is 6.26 Å². The van der Waals surface area contributed by atoms with E-state index in [9.17, 15) is 13.5 Å². The van der Waals surface area contributed by atoms with Gasteiger partial charge in [0.15, 0.2) is 15.6 Å². The third-order valence-corrected chi connectivity index (χ3v) is 5.61. The molecule has 1 aliphatic rings. The lowest BCUT2D eigenvalue weighted by Crippen LogP contribution is -2.34. The molecule has 0 radical (unpaired) electrons. The summed E-state index contributed by atoms with van der Waals surface area (Å²) in [6, 6.07) is 2.94. The summed E-state index contributed by atoms with van der Waals surface area (Å²) in [7, 11) is -3.08. The molecule has 7 heteroatoms. The first-order chi connectivity index (χ1) is 8.79. The average molecular weight is 324 g/mol. The zero-order valence-electron chi connectivity index (χ0n) is 10.4. The van der Waals surface area contributed by atoms with Gasteiger partial charge in [-0.1, -0.05) is 23.2 Å². The number of hydrogen-bond donors (Lipinski definition) is 2. The maximum absolute atomic E-state index is 11.7. The number of benzene rings is 1. The summed E-state index contributed by atoms with van der Waals surface area (Å²) in [4.78, 5) is 0. The normalized spacial score (nSPS) is 23.5. The van der Waals surface area contributed by atoms with Gasteiger partial charge in [0, 0.05) is 18.0 Å². The second-order valence-electron chi connectivity index (χ2n) is 4.84. The molecule has 0 bridgehead atoms. The maximum atomic E-state index is 11.7. The minimum atomic E-state index is -3.08. The van der Waals surface area contributed by atoms with Gasteiger partial charge < -0.3 is 10.4 Å². The minimum absolute atomic E-state index is 0.143. The van der Waals surface area contributed by atoms with Crippen LogP contribution < -0.4 is 5.32 Å². The van der Waals surface area contributed by atoms with Gasteiger partial charge in [0.05, 0.1) is 15.3 Å². The molecule has 2 rings (SSSR count). The van der Waals surface area contributed by atoms with E-state index in [2.05, 4.69) is 5.32 Å². The Hall–Kier alpha value is -0.650. The fourth-order valence-corrected chi connectivity index (χ4v) is 4.35. The molecule has 0 aliphatic heterocycles. The first kappa shape index (κ1) is 14.8. The lowest BCUT2D eigenvalue weighted by molar-refractivity contribution is 0.476. The lowest BCUT2D eigenvalue weighted by Gasteiger charge is -2.21. The molecule has 4 nitrogen and oxygen atoms in total. The zero-order chi connectivity index (χ0) is 14.2. The number of phenolic OH excluding ortho intramolecular Hbond substituents is 1. The molecule has 0 heterocycles. The standard InChI is InChI=1S/C12H15Cl2NO3S/c1-19(17,18)11-4-2-3-10(11)15-7-5-8(13)12(16)9(14)6-7/h5-6,10-11,15-16H,2-4H2,1H3. The summed E-state index contributed by atoms with van der Waals surface area (Å²) in [5.41, 5.74) is 0.619. The van der Waals surface area contributed by atoms with Crippen LogP contribution in [0.4, 0.5) is 5.69 Å². The van der Waals surface area contributed by atoms with E-state index in [1.54, 1.807) is 12.1 Å². The Morgan fingerprint density at radius 2 is 1.84 bits per heavy atom. The fraction of sp³-hybridized carbons (Fsp3) is 0.500. The molecular weight excluding hydrogens is 309 g/mol. The average Bonchev–Trinajstić information content (AvgIpc) is 2.73. The molecule has 2 N–H and O–H groups in total. The van der Waals surface area contributed by atoms with Gasteiger partial charge in [-0.2, -0.15) is 0 Å². The predicted molar refractivity (Wildman–Crippen MR) is 78.0 cm³/mol. The molecule has 0 aromatic heterocycles. The molecule has 0 spiro atoms. The van der Waals surface area contributed by atoms with Crippen LogP contribution in [0.15, 0.2) is 12.1 Å². The number of aromatic hydroxyl groups is 1. The Bertz CT molecular complexity index is 566. The quantitative estimate of drug-likeness (QED) is 0.839. The van der Waals surface area contributed by atoms with Gasteiger partial charge in [-0.25, -0.2) is 8.42 Å². The Morgan fingerprint density at radius 1 is 1.26 bits per heavy atom. The van der Waals surface area contributed by atoms with Crippen LogP contribution in [0.3, 0.4) is 0 Å². The topological polar surface area (TPSA) is 66.4 Å². The van der Waals surface area contributed by atoms with Crippen molar-refractivity contribution in [2.45, 2.75) is 30.6 Å². The molecule has 1 fully saturated rings. The number of rotatable bonds is 3. The maximum Gasteiger partial charge on any atom is 0.152 e. The summed E-state index contributed by atoms with van der Waals surface area (Å²) >= 11 is 11.7. The molecule has 0 saturated heterocycles. The van der Waals surface area contributed by atoms with Crippen molar-refractivity contribution >= 4 is 38.7 Å². The van der Waals surface area contributed by atoms with E-state index in [4.69, 9.17) is 23.2 Å². The van der Waals surface area contributed by atoms with Crippen LogP contribution in [0.25, 0.3) is 0 Å². The van der Waals surface area contributed by atoms with Crippen LogP contribution in [-0.4, -0.2) is 31.1 Å². The summed E-state index contributed by atoms with van der Waals surface area (Å²) < 4.78 is 23.4. The highest BCUT2D eigenvalue weighted by Crippen LogP contribution is 2.36. The summed E-state index contributed by atoms with van der Waals surface area (Å²) in [6.45, 7) is 0. The smallest absolute Gasteiger partial charge is 0.152 e. The van der Waals surface area contributed by atoms with Gasteiger partial charge in [-0.05, 0) is 31.4 Å². The van der Waals surface area contributed by atoms with Crippen molar-refractivity contribution in [2.75, 3.05) is 11.6 Å². The second kappa shape index (κ2) is 5.38. The van der Waals surface area contributed by atoms with Crippen molar-refractivity contribution in [2.24, 2.45) is 0 Å². The molecule has 1 saturated carbocycles. The fourth-order valence-electron chi connectivity index (χ4n) is 2.47. The monoisotopic (exact) mass is 323 g/mol. The van der Waals surface area contributed by atoms with Gasteiger partial charge in [0.25, 0.3) is 0 Å². The zero-order valence-corrected chi connectivity index (χ0v) is 12.7. The first-order valence-corrected chi connectivity index (χ1v) is 8.63. The number of anilines is 1. The lowest BCUT2D eigenvalue weighted by atomic mass is 10.2. The van der Waals surface area contributed by atoms with Crippen molar-refractivity contribution in [3.8, 4) is 5.75 Å². The van der Waals surface area contributed by atoms with E-state index in [0.29, 0.717) is 12.1 Å².